The number of aromatic nitrogens is 3. The molecule has 3 aromatic rings. The quantitative estimate of drug-likeness (QED) is 0.752. The van der Waals surface area contributed by atoms with Crippen molar-refractivity contribution in [1.29, 1.82) is 0 Å². The third-order valence-corrected chi connectivity index (χ3v) is 5.22. The van der Waals surface area contributed by atoms with Gasteiger partial charge in [0.2, 0.25) is 0 Å². The lowest BCUT2D eigenvalue weighted by atomic mass is 10.1. The molecule has 7 nitrogen and oxygen atoms in total. The summed E-state index contributed by atoms with van der Waals surface area (Å²) < 4.78 is 0. The van der Waals surface area contributed by atoms with E-state index in [-0.39, 0.29) is 11.5 Å². The first kappa shape index (κ1) is 17.2. The van der Waals surface area contributed by atoms with Crippen LogP contribution in [0.15, 0.2) is 41.6 Å². The molecule has 0 spiro atoms. The van der Waals surface area contributed by atoms with E-state index in [4.69, 9.17) is 0 Å². The Morgan fingerprint density at radius 3 is 2.48 bits per heavy atom. The normalized spacial score (nSPS) is 14.6. The fraction of sp³-hybridized carbons (Fsp3) is 0.300. The van der Waals surface area contributed by atoms with Crippen LogP contribution in [0, 0.1) is 13.8 Å². The van der Waals surface area contributed by atoms with Gasteiger partial charge in [-0.15, -0.1) is 0 Å². The van der Waals surface area contributed by atoms with E-state index in [0.29, 0.717) is 42.5 Å². The average Bonchev–Trinajstić information content (AvgIpc) is 2.70. The molecule has 1 aliphatic rings. The molecule has 4 rings (SSSR count). The van der Waals surface area contributed by atoms with E-state index < -0.39 is 0 Å². The third-order valence-electron chi connectivity index (χ3n) is 5.22. The van der Waals surface area contributed by atoms with Crippen molar-refractivity contribution in [1.82, 2.24) is 19.9 Å². The maximum Gasteiger partial charge on any atom is 0.256 e. The van der Waals surface area contributed by atoms with Gasteiger partial charge in [-0.25, -0.2) is 9.97 Å². The van der Waals surface area contributed by atoms with Gasteiger partial charge in [0, 0.05) is 54.4 Å². The van der Waals surface area contributed by atoms with Crippen LogP contribution in [0.4, 0.5) is 5.82 Å². The molecule has 1 fully saturated rings. The van der Waals surface area contributed by atoms with Crippen LogP contribution in [0.5, 0.6) is 0 Å². The number of aryl methyl sites for hydroxylation is 1. The third kappa shape index (κ3) is 3.05. The highest BCUT2D eigenvalue weighted by Crippen LogP contribution is 2.21. The van der Waals surface area contributed by atoms with E-state index >= 15 is 0 Å². The molecule has 0 radical (unpaired) electrons. The van der Waals surface area contributed by atoms with Crippen molar-refractivity contribution in [2.45, 2.75) is 13.8 Å². The van der Waals surface area contributed by atoms with E-state index in [1.54, 1.807) is 18.5 Å². The highest BCUT2D eigenvalue weighted by molar-refractivity contribution is 6.06. The van der Waals surface area contributed by atoms with Gasteiger partial charge in [-0.05, 0) is 19.9 Å². The molecule has 2 aromatic heterocycles. The van der Waals surface area contributed by atoms with E-state index in [2.05, 4.69) is 19.9 Å². The van der Waals surface area contributed by atoms with Gasteiger partial charge in [-0.3, -0.25) is 9.59 Å². The molecule has 7 heteroatoms. The molecule has 0 aliphatic carbocycles. The Kier molecular flexibility index (Phi) is 4.35. The Hall–Kier alpha value is -3.22. The molecule has 0 saturated carbocycles. The molecule has 1 saturated heterocycles. The van der Waals surface area contributed by atoms with Gasteiger partial charge >= 0.3 is 0 Å². The number of amides is 1. The smallest absolute Gasteiger partial charge is 0.256 e. The van der Waals surface area contributed by atoms with Gasteiger partial charge < -0.3 is 14.8 Å². The van der Waals surface area contributed by atoms with E-state index in [9.17, 15) is 9.59 Å². The second kappa shape index (κ2) is 6.83. The number of hydrogen-bond donors (Lipinski definition) is 1. The summed E-state index contributed by atoms with van der Waals surface area (Å²) in [5.74, 6) is 0.877. The Bertz CT molecular complexity index is 1070. The zero-order valence-corrected chi connectivity index (χ0v) is 15.4. The lowest BCUT2D eigenvalue weighted by Crippen LogP contribution is -2.49. The second-order valence-corrected chi connectivity index (χ2v) is 6.76. The van der Waals surface area contributed by atoms with Gasteiger partial charge in [0.25, 0.3) is 11.5 Å². The maximum absolute atomic E-state index is 13.0. The summed E-state index contributed by atoms with van der Waals surface area (Å²) in [6.45, 7) is 6.63. The number of H-pyrrole nitrogens is 1. The number of benzene rings is 1. The summed E-state index contributed by atoms with van der Waals surface area (Å²) in [5.41, 5.74) is 2.40. The zero-order chi connectivity index (χ0) is 19.0. The van der Waals surface area contributed by atoms with Crippen molar-refractivity contribution in [3.63, 3.8) is 0 Å². The van der Waals surface area contributed by atoms with Crippen molar-refractivity contribution in [2.24, 2.45) is 0 Å². The summed E-state index contributed by atoms with van der Waals surface area (Å²) in [6, 6.07) is 7.21. The van der Waals surface area contributed by atoms with Crippen LogP contribution in [0.25, 0.3) is 10.8 Å². The van der Waals surface area contributed by atoms with Crippen LogP contribution < -0.4 is 10.5 Å². The Morgan fingerprint density at radius 2 is 1.74 bits per heavy atom. The first-order chi connectivity index (χ1) is 13.1. The number of nitrogens with zero attached hydrogens (tertiary/aromatic N) is 4. The number of pyridine rings is 1. The van der Waals surface area contributed by atoms with Gasteiger partial charge in [0.05, 0.1) is 5.56 Å². The summed E-state index contributed by atoms with van der Waals surface area (Å²) in [6.07, 6.45) is 3.11. The fourth-order valence-electron chi connectivity index (χ4n) is 3.52. The summed E-state index contributed by atoms with van der Waals surface area (Å²) in [7, 11) is 0. The largest absolute Gasteiger partial charge is 0.353 e. The van der Waals surface area contributed by atoms with E-state index in [1.165, 1.54) is 6.20 Å². The molecule has 27 heavy (non-hydrogen) atoms. The van der Waals surface area contributed by atoms with Gasteiger partial charge in [0.1, 0.15) is 12.1 Å². The number of hydrogen-bond acceptors (Lipinski definition) is 5. The Balaban J connectivity index is 1.55. The number of fused-ring (bicyclic) bond motifs is 1. The number of carbonyl (C=O) groups excluding carboxylic acids is 1. The van der Waals surface area contributed by atoms with Crippen LogP contribution in [0.3, 0.4) is 0 Å². The summed E-state index contributed by atoms with van der Waals surface area (Å²) >= 11 is 0. The average molecular weight is 363 g/mol. The standard InChI is InChI=1S/C20H21N5O2/c1-13-14(2)22-12-23-18(13)24-7-9-25(10-8-24)20(27)17-11-21-19(26)16-6-4-3-5-15(16)17/h3-6,11-12H,7-10H2,1-2H3,(H,21,26). The van der Waals surface area contributed by atoms with E-state index in [1.807, 2.05) is 30.9 Å². The van der Waals surface area contributed by atoms with Crippen LogP contribution in [0.1, 0.15) is 21.6 Å². The number of anilines is 1. The SMILES string of the molecule is Cc1ncnc(N2CCN(C(=O)c3c[nH]c(=O)c4ccccc34)CC2)c1C. The highest BCUT2D eigenvalue weighted by atomic mass is 16.2. The maximum atomic E-state index is 13.0. The number of aromatic amines is 1. The monoisotopic (exact) mass is 363 g/mol. The molecule has 1 amide bonds. The number of carbonyl (C=O) groups is 1. The molecule has 0 unspecified atom stereocenters. The van der Waals surface area contributed by atoms with Crippen molar-refractivity contribution in [3.8, 4) is 0 Å². The van der Waals surface area contributed by atoms with Crippen molar-refractivity contribution in [2.75, 3.05) is 31.1 Å². The first-order valence-corrected chi connectivity index (χ1v) is 8.99. The van der Waals surface area contributed by atoms with Crippen molar-refractivity contribution in [3.05, 3.63) is 64.0 Å². The molecular weight excluding hydrogens is 342 g/mol. The van der Waals surface area contributed by atoms with Crippen LogP contribution in [-0.2, 0) is 0 Å². The van der Waals surface area contributed by atoms with Gasteiger partial charge in [-0.2, -0.15) is 0 Å². The van der Waals surface area contributed by atoms with E-state index in [0.717, 1.165) is 17.1 Å². The molecule has 0 atom stereocenters. The van der Waals surface area contributed by atoms with Crippen molar-refractivity contribution >= 4 is 22.5 Å². The fourth-order valence-corrected chi connectivity index (χ4v) is 3.52. The number of nitrogens with one attached hydrogen (secondary N) is 1. The minimum atomic E-state index is -0.179. The summed E-state index contributed by atoms with van der Waals surface area (Å²) in [5, 5.41) is 1.23. The predicted molar refractivity (Wildman–Crippen MR) is 104 cm³/mol. The minimum absolute atomic E-state index is 0.0577. The predicted octanol–water partition coefficient (Wildman–Crippen LogP) is 1.90. The Labute approximate surface area is 156 Å². The van der Waals surface area contributed by atoms with Gasteiger partial charge in [0.15, 0.2) is 0 Å². The summed E-state index contributed by atoms with van der Waals surface area (Å²) in [4.78, 5) is 40.4. The zero-order valence-electron chi connectivity index (χ0n) is 15.4. The van der Waals surface area contributed by atoms with Crippen LogP contribution >= 0.6 is 0 Å². The Morgan fingerprint density at radius 1 is 1.04 bits per heavy atom. The lowest BCUT2D eigenvalue weighted by molar-refractivity contribution is 0.0748. The van der Waals surface area contributed by atoms with Crippen LogP contribution in [0.2, 0.25) is 0 Å². The lowest BCUT2D eigenvalue weighted by Gasteiger charge is -2.36. The van der Waals surface area contributed by atoms with Crippen LogP contribution in [-0.4, -0.2) is 51.9 Å². The molecule has 0 bridgehead atoms. The topological polar surface area (TPSA) is 82.2 Å². The second-order valence-electron chi connectivity index (χ2n) is 6.76. The molecule has 1 N–H and O–H groups in total. The molecule has 3 heterocycles. The molecule has 1 aromatic carbocycles. The first-order valence-electron chi connectivity index (χ1n) is 8.99. The highest BCUT2D eigenvalue weighted by Gasteiger charge is 2.25. The molecular formula is C20H21N5O2. The minimum Gasteiger partial charge on any atom is -0.353 e. The molecule has 1 aliphatic heterocycles. The number of rotatable bonds is 2. The molecule has 138 valence electrons. The van der Waals surface area contributed by atoms with Crippen molar-refractivity contribution < 1.29 is 4.79 Å². The van der Waals surface area contributed by atoms with Gasteiger partial charge in [-0.1, -0.05) is 18.2 Å². The number of piperazine rings is 1.